The molecule has 0 aliphatic carbocycles. The molecule has 1 aliphatic heterocycles. The molecule has 2 heterocycles. The summed E-state index contributed by atoms with van der Waals surface area (Å²) in [6.07, 6.45) is 1.19. The average molecular weight is 405 g/mol. The molecule has 152 valence electrons. The quantitative estimate of drug-likeness (QED) is 0.816. The molecule has 3 rings (SSSR count). The van der Waals surface area contributed by atoms with Crippen LogP contribution in [0.25, 0.3) is 11.3 Å². The summed E-state index contributed by atoms with van der Waals surface area (Å²) >= 11 is 0. The van der Waals surface area contributed by atoms with E-state index in [0.717, 1.165) is 37.3 Å². The van der Waals surface area contributed by atoms with Crippen LogP contribution in [-0.4, -0.2) is 50.6 Å². The second-order valence-electron chi connectivity index (χ2n) is 7.74. The van der Waals surface area contributed by atoms with Crippen molar-refractivity contribution >= 4 is 15.5 Å². The van der Waals surface area contributed by atoms with E-state index in [0.29, 0.717) is 17.9 Å². The van der Waals surface area contributed by atoms with Gasteiger partial charge in [0.25, 0.3) is 5.56 Å². The maximum atomic E-state index is 13.2. The molecule has 1 N–H and O–H groups in total. The number of nitrogens with one attached hydrogen (secondary N) is 1. The largest absolute Gasteiger partial charge is 0.364 e. The van der Waals surface area contributed by atoms with Crippen LogP contribution in [0, 0.1) is 12.8 Å². The number of nitrogens with zero attached hydrogens (tertiary/aromatic N) is 3. The van der Waals surface area contributed by atoms with Crippen molar-refractivity contribution in [2.24, 2.45) is 5.92 Å². The third-order valence-corrected chi connectivity index (χ3v) is 6.02. The summed E-state index contributed by atoms with van der Waals surface area (Å²) in [5, 5.41) is 7.96. The minimum Gasteiger partial charge on any atom is -0.364 e. The highest BCUT2D eigenvalue weighted by molar-refractivity contribution is 7.90. The van der Waals surface area contributed by atoms with Crippen LogP contribution in [0.1, 0.15) is 19.4 Å². The zero-order chi connectivity index (χ0) is 20.5. The maximum Gasteiger partial charge on any atom is 0.290 e. The van der Waals surface area contributed by atoms with Gasteiger partial charge in [0.05, 0.1) is 10.6 Å². The Morgan fingerprint density at radius 2 is 1.75 bits per heavy atom. The normalized spacial score (nSPS) is 15.2. The van der Waals surface area contributed by atoms with Gasteiger partial charge in [0.1, 0.15) is 5.69 Å². The van der Waals surface area contributed by atoms with Crippen molar-refractivity contribution in [3.63, 3.8) is 0 Å². The Morgan fingerprint density at radius 3 is 2.29 bits per heavy atom. The van der Waals surface area contributed by atoms with Crippen molar-refractivity contribution in [3.8, 4) is 11.3 Å². The lowest BCUT2D eigenvalue weighted by atomic mass is 10.1. The van der Waals surface area contributed by atoms with Crippen LogP contribution in [-0.2, 0) is 16.4 Å². The first-order chi connectivity index (χ1) is 13.2. The first-order valence-electron chi connectivity index (χ1n) is 9.56. The number of aromatic nitrogens is 2. The van der Waals surface area contributed by atoms with Crippen molar-refractivity contribution in [1.82, 2.24) is 15.1 Å². The topological polar surface area (TPSA) is 84.3 Å². The molecule has 28 heavy (non-hydrogen) atoms. The fourth-order valence-corrected chi connectivity index (χ4v) is 4.13. The monoisotopic (exact) mass is 404 g/mol. The number of rotatable bonds is 5. The molecule has 0 unspecified atom stereocenters. The molecule has 1 saturated heterocycles. The first kappa shape index (κ1) is 20.5. The zero-order valence-corrected chi connectivity index (χ0v) is 17.7. The van der Waals surface area contributed by atoms with E-state index in [4.69, 9.17) is 0 Å². The lowest BCUT2D eigenvalue weighted by Gasteiger charge is -2.31. The summed E-state index contributed by atoms with van der Waals surface area (Å²) in [5.41, 5.74) is 2.98. The molecule has 0 bridgehead atoms. The lowest BCUT2D eigenvalue weighted by molar-refractivity contribution is 0.462. The molecule has 2 aromatic rings. The second kappa shape index (κ2) is 8.05. The molecule has 7 nitrogen and oxygen atoms in total. The molecule has 0 spiro atoms. The highest BCUT2D eigenvalue weighted by Crippen LogP contribution is 2.27. The summed E-state index contributed by atoms with van der Waals surface area (Å²) < 4.78 is 25.1. The van der Waals surface area contributed by atoms with Gasteiger partial charge in [-0.1, -0.05) is 26.0 Å². The van der Waals surface area contributed by atoms with Gasteiger partial charge < -0.3 is 10.2 Å². The summed E-state index contributed by atoms with van der Waals surface area (Å²) in [7, 11) is -3.26. The highest BCUT2D eigenvalue weighted by atomic mass is 32.2. The highest BCUT2D eigenvalue weighted by Gasteiger charge is 2.22. The summed E-state index contributed by atoms with van der Waals surface area (Å²) in [5.74, 6) is 0.282. The number of benzene rings is 1. The Morgan fingerprint density at radius 1 is 1.14 bits per heavy atom. The summed E-state index contributed by atoms with van der Waals surface area (Å²) in [6.45, 7) is 9.78. The Kier molecular flexibility index (Phi) is 5.90. The number of anilines is 1. The summed E-state index contributed by atoms with van der Waals surface area (Å²) in [6, 6.07) is 6.71. The fraction of sp³-hybridized carbons (Fsp3) is 0.500. The van der Waals surface area contributed by atoms with Crippen molar-refractivity contribution < 1.29 is 8.42 Å². The zero-order valence-electron chi connectivity index (χ0n) is 16.9. The molecule has 1 aromatic carbocycles. The van der Waals surface area contributed by atoms with Crippen LogP contribution in [0.15, 0.2) is 34.0 Å². The van der Waals surface area contributed by atoms with Crippen LogP contribution in [0.2, 0.25) is 0 Å². The molecular formula is C20H28N4O3S. The molecule has 1 aromatic heterocycles. The standard InChI is InChI=1S/C20H28N4O3S/c1-14(2)13-24-20(25)19(23-11-9-21-10-12-23)15(3)18(22-24)16-5-7-17(8-6-16)28(4,26)27/h5-8,14,21H,9-13H2,1-4H3. The Labute approximate surface area is 166 Å². The Balaban J connectivity index is 2.15. The van der Waals surface area contributed by atoms with Crippen LogP contribution in [0.4, 0.5) is 5.69 Å². The van der Waals surface area contributed by atoms with Gasteiger partial charge >= 0.3 is 0 Å². The van der Waals surface area contributed by atoms with Gasteiger partial charge in [0.2, 0.25) is 0 Å². The van der Waals surface area contributed by atoms with Gasteiger partial charge in [-0.15, -0.1) is 0 Å². The van der Waals surface area contributed by atoms with E-state index >= 15 is 0 Å². The SMILES string of the molecule is Cc1c(-c2ccc(S(C)(=O)=O)cc2)nn(CC(C)C)c(=O)c1N1CCNCC1. The second-order valence-corrected chi connectivity index (χ2v) is 9.75. The van der Waals surface area contributed by atoms with E-state index in [9.17, 15) is 13.2 Å². The number of sulfone groups is 1. The molecule has 0 radical (unpaired) electrons. The lowest BCUT2D eigenvalue weighted by Crippen LogP contribution is -2.47. The van der Waals surface area contributed by atoms with E-state index in [-0.39, 0.29) is 16.4 Å². The summed E-state index contributed by atoms with van der Waals surface area (Å²) in [4.78, 5) is 15.5. The van der Waals surface area contributed by atoms with Gasteiger partial charge in [-0.3, -0.25) is 4.79 Å². The van der Waals surface area contributed by atoms with Crippen LogP contribution in [0.3, 0.4) is 0 Å². The van der Waals surface area contributed by atoms with Gasteiger partial charge in [-0.25, -0.2) is 13.1 Å². The molecule has 1 aliphatic rings. The molecule has 0 atom stereocenters. The molecular weight excluding hydrogens is 376 g/mol. The number of piperazine rings is 1. The van der Waals surface area contributed by atoms with Gasteiger partial charge in [-0.2, -0.15) is 5.10 Å². The average Bonchev–Trinajstić information content (AvgIpc) is 2.64. The van der Waals surface area contributed by atoms with Gasteiger partial charge in [-0.05, 0) is 25.0 Å². The van der Waals surface area contributed by atoms with Crippen LogP contribution >= 0.6 is 0 Å². The van der Waals surface area contributed by atoms with E-state index < -0.39 is 9.84 Å². The van der Waals surface area contributed by atoms with E-state index in [2.05, 4.69) is 29.2 Å². The minimum atomic E-state index is -3.26. The van der Waals surface area contributed by atoms with Gasteiger partial charge in [0.15, 0.2) is 9.84 Å². The predicted octanol–water partition coefficient (Wildman–Crippen LogP) is 1.69. The van der Waals surface area contributed by atoms with E-state index in [1.807, 2.05) is 6.92 Å². The van der Waals surface area contributed by atoms with E-state index in [1.54, 1.807) is 28.9 Å². The molecule has 1 fully saturated rings. The molecule has 0 saturated carbocycles. The van der Waals surface area contributed by atoms with E-state index in [1.165, 1.54) is 6.26 Å². The number of hydrogen-bond donors (Lipinski definition) is 1. The van der Waals surface area contributed by atoms with Crippen molar-refractivity contribution in [2.45, 2.75) is 32.2 Å². The van der Waals surface area contributed by atoms with Crippen molar-refractivity contribution in [1.29, 1.82) is 0 Å². The third-order valence-electron chi connectivity index (χ3n) is 4.90. The molecule has 0 amide bonds. The Hall–Kier alpha value is -2.19. The van der Waals surface area contributed by atoms with Crippen molar-refractivity contribution in [2.75, 3.05) is 37.3 Å². The third kappa shape index (κ3) is 4.28. The minimum absolute atomic E-state index is 0.0652. The number of hydrogen-bond acceptors (Lipinski definition) is 6. The van der Waals surface area contributed by atoms with Gasteiger partial charge in [0, 0.05) is 50.1 Å². The Bertz CT molecular complexity index is 1000. The predicted molar refractivity (Wildman–Crippen MR) is 112 cm³/mol. The maximum absolute atomic E-state index is 13.2. The van der Waals surface area contributed by atoms with Crippen LogP contribution in [0.5, 0.6) is 0 Å². The van der Waals surface area contributed by atoms with Crippen molar-refractivity contribution in [3.05, 3.63) is 40.2 Å². The fourth-order valence-electron chi connectivity index (χ4n) is 3.50. The van der Waals surface area contributed by atoms with Crippen LogP contribution < -0.4 is 15.8 Å². The smallest absolute Gasteiger partial charge is 0.290 e. The molecule has 8 heteroatoms. The first-order valence-corrected chi connectivity index (χ1v) is 11.5.